The maximum Gasteiger partial charge on any atom is 0.249 e. The van der Waals surface area contributed by atoms with Gasteiger partial charge >= 0.3 is 0 Å². The SMILES string of the molecule is CCCCC/C=C/CC/C=C/CCCC(O)C(O)C(CO)NC(=O)C(O)CCCCCCCCCCCCCCCCCCCCCCCCCCCCCCCCCC. The third-order valence-corrected chi connectivity index (χ3v) is 12.6. The van der Waals surface area contributed by atoms with Crippen LogP contribution in [0.15, 0.2) is 24.3 Å². The zero-order valence-corrected chi connectivity index (χ0v) is 40.2. The highest BCUT2D eigenvalue weighted by Crippen LogP contribution is 2.18. The van der Waals surface area contributed by atoms with Gasteiger partial charge in [0.05, 0.1) is 18.8 Å². The maximum absolute atomic E-state index is 12.5. The smallest absolute Gasteiger partial charge is 0.249 e. The van der Waals surface area contributed by atoms with Gasteiger partial charge in [-0.1, -0.05) is 256 Å². The highest BCUT2D eigenvalue weighted by molar-refractivity contribution is 5.80. The molecule has 4 atom stereocenters. The van der Waals surface area contributed by atoms with Gasteiger partial charge in [0.1, 0.15) is 12.2 Å². The Morgan fingerprint density at radius 1 is 0.400 bits per heavy atom. The van der Waals surface area contributed by atoms with E-state index in [0.717, 1.165) is 44.9 Å². The van der Waals surface area contributed by atoms with E-state index < -0.39 is 36.9 Å². The molecule has 60 heavy (non-hydrogen) atoms. The number of aliphatic hydroxyl groups is 4. The van der Waals surface area contributed by atoms with Gasteiger partial charge in [-0.05, 0) is 51.4 Å². The number of carbonyl (C=O) groups is 1. The second-order valence-electron chi connectivity index (χ2n) is 18.6. The van der Waals surface area contributed by atoms with Gasteiger partial charge in [0, 0.05) is 0 Å². The minimum absolute atomic E-state index is 0.364. The van der Waals surface area contributed by atoms with Crippen molar-refractivity contribution >= 4 is 5.91 Å². The van der Waals surface area contributed by atoms with Gasteiger partial charge in [0.15, 0.2) is 0 Å². The molecule has 6 heteroatoms. The Morgan fingerprint density at radius 2 is 0.700 bits per heavy atom. The van der Waals surface area contributed by atoms with Gasteiger partial charge in [0.2, 0.25) is 5.91 Å². The van der Waals surface area contributed by atoms with Crippen LogP contribution in [-0.4, -0.2) is 57.3 Å². The van der Waals surface area contributed by atoms with E-state index in [1.54, 1.807) is 0 Å². The topological polar surface area (TPSA) is 110 Å². The molecule has 0 saturated carbocycles. The molecule has 0 spiro atoms. The second kappa shape index (κ2) is 48.8. The van der Waals surface area contributed by atoms with Crippen LogP contribution in [0.25, 0.3) is 0 Å². The van der Waals surface area contributed by atoms with E-state index in [1.165, 1.54) is 205 Å². The maximum atomic E-state index is 12.5. The Morgan fingerprint density at radius 3 is 1.05 bits per heavy atom. The van der Waals surface area contributed by atoms with Gasteiger partial charge in [-0.15, -0.1) is 0 Å². The molecule has 0 aliphatic carbocycles. The highest BCUT2D eigenvalue weighted by atomic mass is 16.3. The Kier molecular flexibility index (Phi) is 47.8. The summed E-state index contributed by atoms with van der Waals surface area (Å²) in [6.07, 6.45) is 58.4. The van der Waals surface area contributed by atoms with Crippen LogP contribution < -0.4 is 5.32 Å². The van der Waals surface area contributed by atoms with Crippen LogP contribution in [0.2, 0.25) is 0 Å². The number of hydrogen-bond donors (Lipinski definition) is 5. The molecule has 1 amide bonds. The molecule has 0 bridgehead atoms. The molecule has 5 N–H and O–H groups in total. The Hall–Kier alpha value is -1.21. The van der Waals surface area contributed by atoms with Crippen molar-refractivity contribution in [3.8, 4) is 0 Å². The summed E-state index contributed by atoms with van der Waals surface area (Å²) in [5, 5.41) is 43.7. The molecule has 0 aromatic heterocycles. The van der Waals surface area contributed by atoms with E-state index >= 15 is 0 Å². The van der Waals surface area contributed by atoms with E-state index in [9.17, 15) is 25.2 Å². The standard InChI is InChI=1S/C54H105NO5/c1-3-5-7-9-11-13-15-17-18-19-20-21-22-23-24-25-26-27-28-29-30-31-32-33-34-35-36-38-40-42-44-46-48-52(58)54(60)55-50(49-56)53(59)51(57)47-45-43-41-39-37-16-14-12-10-8-6-4-2/h12,14,39,41,50-53,56-59H,3-11,13,15-38,40,42-49H2,1-2H3,(H,55,60)/b14-12+,41-39+. The largest absolute Gasteiger partial charge is 0.394 e. The van der Waals surface area contributed by atoms with E-state index in [0.29, 0.717) is 19.3 Å². The molecular formula is C54H105NO5. The van der Waals surface area contributed by atoms with Gasteiger partial charge < -0.3 is 25.7 Å². The minimum Gasteiger partial charge on any atom is -0.394 e. The lowest BCUT2D eigenvalue weighted by molar-refractivity contribution is -0.132. The average Bonchev–Trinajstić information content (AvgIpc) is 3.25. The van der Waals surface area contributed by atoms with E-state index in [1.807, 2.05) is 0 Å². The van der Waals surface area contributed by atoms with Gasteiger partial charge in [0.25, 0.3) is 0 Å². The number of amides is 1. The molecule has 0 aromatic carbocycles. The first-order valence-electron chi connectivity index (χ1n) is 26.7. The van der Waals surface area contributed by atoms with Crippen LogP contribution in [0.3, 0.4) is 0 Å². The third kappa shape index (κ3) is 42.1. The highest BCUT2D eigenvalue weighted by Gasteiger charge is 2.28. The van der Waals surface area contributed by atoms with Crippen LogP contribution in [-0.2, 0) is 4.79 Å². The normalized spacial score (nSPS) is 14.0. The summed E-state index contributed by atoms with van der Waals surface area (Å²) >= 11 is 0. The lowest BCUT2D eigenvalue weighted by atomic mass is 10.00. The molecule has 0 rings (SSSR count). The minimum atomic E-state index is -1.29. The molecule has 0 aromatic rings. The number of rotatable bonds is 49. The third-order valence-electron chi connectivity index (χ3n) is 12.6. The summed E-state index contributed by atoms with van der Waals surface area (Å²) in [5.74, 6) is -0.594. The lowest BCUT2D eigenvalue weighted by Crippen LogP contribution is -2.53. The first-order valence-corrected chi connectivity index (χ1v) is 26.7. The summed E-state index contributed by atoms with van der Waals surface area (Å²) in [7, 11) is 0. The van der Waals surface area contributed by atoms with Crippen molar-refractivity contribution in [2.75, 3.05) is 6.61 Å². The predicted molar refractivity (Wildman–Crippen MR) is 261 cm³/mol. The van der Waals surface area contributed by atoms with Crippen LogP contribution in [0.1, 0.15) is 284 Å². The van der Waals surface area contributed by atoms with Crippen molar-refractivity contribution in [3.63, 3.8) is 0 Å². The van der Waals surface area contributed by atoms with Crippen LogP contribution in [0.5, 0.6) is 0 Å². The number of carbonyl (C=O) groups excluding carboxylic acids is 1. The van der Waals surface area contributed by atoms with Crippen molar-refractivity contribution in [2.24, 2.45) is 0 Å². The number of aliphatic hydroxyl groups excluding tert-OH is 4. The van der Waals surface area contributed by atoms with Crippen molar-refractivity contribution < 1.29 is 25.2 Å². The summed E-state index contributed by atoms with van der Waals surface area (Å²) in [6.45, 7) is 4.02. The monoisotopic (exact) mass is 848 g/mol. The number of nitrogens with one attached hydrogen (secondary N) is 1. The average molecular weight is 848 g/mol. The predicted octanol–water partition coefficient (Wildman–Crippen LogP) is 15.1. The number of unbranched alkanes of at least 4 members (excludes halogenated alkanes) is 36. The fraction of sp³-hybridized carbons (Fsp3) is 0.907. The fourth-order valence-electron chi connectivity index (χ4n) is 8.42. The Balaban J connectivity index is 3.54. The zero-order chi connectivity index (χ0) is 43.8. The van der Waals surface area contributed by atoms with E-state index in [2.05, 4.69) is 43.5 Å². The molecule has 0 fully saturated rings. The van der Waals surface area contributed by atoms with Crippen molar-refractivity contribution in [3.05, 3.63) is 24.3 Å². The van der Waals surface area contributed by atoms with Gasteiger partial charge in [-0.2, -0.15) is 0 Å². The first kappa shape index (κ1) is 58.8. The molecule has 0 saturated heterocycles. The summed E-state index contributed by atoms with van der Waals surface area (Å²) in [6, 6.07) is -1.00. The number of hydrogen-bond acceptors (Lipinski definition) is 5. The summed E-state index contributed by atoms with van der Waals surface area (Å²) < 4.78 is 0. The van der Waals surface area contributed by atoms with E-state index in [4.69, 9.17) is 0 Å². The van der Waals surface area contributed by atoms with Crippen molar-refractivity contribution in [2.45, 2.75) is 308 Å². The Bertz CT molecular complexity index is 909. The fourth-order valence-corrected chi connectivity index (χ4v) is 8.42. The quantitative estimate of drug-likeness (QED) is 0.0309. The molecule has 0 aliphatic heterocycles. The van der Waals surface area contributed by atoms with E-state index in [-0.39, 0.29) is 0 Å². The molecular weight excluding hydrogens is 743 g/mol. The number of allylic oxidation sites excluding steroid dienone is 4. The Labute approximate surface area is 374 Å². The van der Waals surface area contributed by atoms with Crippen LogP contribution >= 0.6 is 0 Å². The lowest BCUT2D eigenvalue weighted by Gasteiger charge is -2.27. The molecule has 0 heterocycles. The van der Waals surface area contributed by atoms with Crippen molar-refractivity contribution in [1.29, 1.82) is 0 Å². The molecule has 6 nitrogen and oxygen atoms in total. The second-order valence-corrected chi connectivity index (χ2v) is 18.6. The van der Waals surface area contributed by atoms with Crippen LogP contribution in [0, 0.1) is 0 Å². The first-order chi connectivity index (χ1) is 29.5. The molecule has 4 unspecified atom stereocenters. The summed E-state index contributed by atoms with van der Waals surface area (Å²) in [5.41, 5.74) is 0. The zero-order valence-electron chi connectivity index (χ0n) is 40.2. The molecule has 356 valence electrons. The molecule has 0 aliphatic rings. The van der Waals surface area contributed by atoms with Crippen molar-refractivity contribution in [1.82, 2.24) is 5.32 Å². The van der Waals surface area contributed by atoms with Gasteiger partial charge in [-0.25, -0.2) is 0 Å². The van der Waals surface area contributed by atoms with Crippen LogP contribution in [0.4, 0.5) is 0 Å². The molecule has 0 radical (unpaired) electrons. The van der Waals surface area contributed by atoms with Gasteiger partial charge in [-0.3, -0.25) is 4.79 Å². The summed E-state index contributed by atoms with van der Waals surface area (Å²) in [4.78, 5) is 12.5.